The molecule has 0 aliphatic carbocycles. The van der Waals surface area contributed by atoms with E-state index in [2.05, 4.69) is 6.58 Å². The van der Waals surface area contributed by atoms with Gasteiger partial charge in [0.1, 0.15) is 5.76 Å². The summed E-state index contributed by atoms with van der Waals surface area (Å²) in [7, 11) is 0. The zero-order valence-electron chi connectivity index (χ0n) is 8.00. The van der Waals surface area contributed by atoms with Crippen LogP contribution in [0.25, 0.3) is 0 Å². The molecule has 2 nitrogen and oxygen atoms in total. The number of ether oxygens (including phenoxy) is 1. The summed E-state index contributed by atoms with van der Waals surface area (Å²) < 4.78 is 5.28. The highest BCUT2D eigenvalue weighted by Crippen LogP contribution is 2.00. The highest BCUT2D eigenvalue weighted by Gasteiger charge is 1.91. The van der Waals surface area contributed by atoms with Crippen LogP contribution in [0.1, 0.15) is 20.8 Å². The summed E-state index contributed by atoms with van der Waals surface area (Å²) in [6.07, 6.45) is 5.58. The van der Waals surface area contributed by atoms with Gasteiger partial charge in [0.25, 0.3) is 0 Å². The maximum absolute atomic E-state index is 5.42. The molecule has 0 atom stereocenters. The molecular weight excluding hydrogens is 150 g/mol. The highest BCUT2D eigenvalue weighted by atomic mass is 16.5. The zero-order chi connectivity index (χ0) is 9.56. The van der Waals surface area contributed by atoms with Crippen LogP contribution in [-0.4, -0.2) is 6.10 Å². The van der Waals surface area contributed by atoms with Crippen molar-refractivity contribution in [2.45, 2.75) is 26.9 Å². The summed E-state index contributed by atoms with van der Waals surface area (Å²) in [5, 5.41) is 0. The van der Waals surface area contributed by atoms with Gasteiger partial charge in [0.2, 0.25) is 0 Å². The Morgan fingerprint density at radius 2 is 2.08 bits per heavy atom. The smallest absolute Gasteiger partial charge is 0.112 e. The molecule has 0 amide bonds. The molecule has 0 saturated carbocycles. The van der Waals surface area contributed by atoms with E-state index in [1.165, 1.54) is 0 Å². The molecule has 0 heterocycles. The van der Waals surface area contributed by atoms with E-state index in [0.29, 0.717) is 5.76 Å². The average Bonchev–Trinajstić information content (AvgIpc) is 1.84. The van der Waals surface area contributed by atoms with Crippen molar-refractivity contribution >= 4 is 0 Å². The van der Waals surface area contributed by atoms with E-state index in [9.17, 15) is 0 Å². The largest absolute Gasteiger partial charge is 0.492 e. The van der Waals surface area contributed by atoms with Crippen LogP contribution in [0.5, 0.6) is 0 Å². The second kappa shape index (κ2) is 5.47. The van der Waals surface area contributed by atoms with Gasteiger partial charge >= 0.3 is 0 Å². The molecule has 2 N–H and O–H groups in total. The van der Waals surface area contributed by atoms with Crippen LogP contribution in [0.2, 0.25) is 0 Å². The van der Waals surface area contributed by atoms with Crippen LogP contribution in [-0.2, 0) is 4.74 Å². The molecule has 12 heavy (non-hydrogen) atoms. The fraction of sp³-hybridized carbons (Fsp3) is 0.400. The Morgan fingerprint density at radius 3 is 2.50 bits per heavy atom. The van der Waals surface area contributed by atoms with Crippen molar-refractivity contribution in [1.29, 1.82) is 0 Å². The first-order valence-corrected chi connectivity index (χ1v) is 3.98. The van der Waals surface area contributed by atoms with Gasteiger partial charge in [-0.3, -0.25) is 0 Å². The molecule has 0 rings (SSSR count). The van der Waals surface area contributed by atoms with Crippen LogP contribution in [0, 0.1) is 0 Å². The number of hydrogen-bond donors (Lipinski definition) is 1. The van der Waals surface area contributed by atoms with Gasteiger partial charge in [-0.05, 0) is 32.9 Å². The number of nitrogens with two attached hydrogens (primary N) is 1. The average molecular weight is 167 g/mol. The molecule has 0 fully saturated rings. The second-order valence-corrected chi connectivity index (χ2v) is 2.90. The van der Waals surface area contributed by atoms with E-state index < -0.39 is 0 Å². The zero-order valence-corrected chi connectivity index (χ0v) is 8.00. The van der Waals surface area contributed by atoms with Gasteiger partial charge in [-0.15, -0.1) is 0 Å². The minimum Gasteiger partial charge on any atom is -0.492 e. The van der Waals surface area contributed by atoms with Crippen LogP contribution in [0.4, 0.5) is 0 Å². The van der Waals surface area contributed by atoms with Crippen molar-refractivity contribution in [2.24, 2.45) is 5.73 Å². The molecule has 0 aromatic heterocycles. The Labute approximate surface area is 74.4 Å². The van der Waals surface area contributed by atoms with Crippen molar-refractivity contribution in [3.05, 3.63) is 36.3 Å². The Balaban J connectivity index is 3.84. The van der Waals surface area contributed by atoms with Crippen molar-refractivity contribution in [3.63, 3.8) is 0 Å². The molecule has 0 bridgehead atoms. The summed E-state index contributed by atoms with van der Waals surface area (Å²) in [5.74, 6) is 0.655. The Hall–Kier alpha value is -1.18. The van der Waals surface area contributed by atoms with E-state index in [1.54, 1.807) is 12.2 Å². The molecule has 0 aromatic rings. The molecule has 0 spiro atoms. The lowest BCUT2D eigenvalue weighted by molar-refractivity contribution is 0.159. The molecule has 2 heteroatoms. The van der Waals surface area contributed by atoms with Crippen LogP contribution in [0.15, 0.2) is 36.3 Å². The minimum atomic E-state index is 0.171. The fourth-order valence-electron chi connectivity index (χ4n) is 0.649. The maximum Gasteiger partial charge on any atom is 0.112 e. The normalized spacial score (nSPS) is 12.5. The topological polar surface area (TPSA) is 35.2 Å². The highest BCUT2D eigenvalue weighted by molar-refractivity contribution is 5.16. The predicted molar refractivity (Wildman–Crippen MR) is 52.4 cm³/mol. The molecule has 0 aliphatic rings. The Kier molecular flexibility index (Phi) is 4.93. The third-order valence-corrected chi connectivity index (χ3v) is 1.03. The van der Waals surface area contributed by atoms with Gasteiger partial charge < -0.3 is 10.5 Å². The second-order valence-electron chi connectivity index (χ2n) is 2.90. The first-order chi connectivity index (χ1) is 5.52. The van der Waals surface area contributed by atoms with Crippen LogP contribution in [0.3, 0.4) is 0 Å². The van der Waals surface area contributed by atoms with Gasteiger partial charge in [-0.25, -0.2) is 0 Å². The Morgan fingerprint density at radius 1 is 1.50 bits per heavy atom. The van der Waals surface area contributed by atoms with Crippen molar-refractivity contribution < 1.29 is 4.74 Å². The molecule has 0 saturated heterocycles. The molecule has 0 aromatic carbocycles. The molecular formula is C10H17NO. The van der Waals surface area contributed by atoms with Gasteiger partial charge in [-0.1, -0.05) is 12.7 Å². The Bertz CT molecular complexity index is 198. The number of hydrogen-bond acceptors (Lipinski definition) is 2. The summed E-state index contributed by atoms with van der Waals surface area (Å²) in [6, 6.07) is 0. The maximum atomic E-state index is 5.42. The molecule has 0 radical (unpaired) electrons. The molecule has 0 aliphatic heterocycles. The summed E-state index contributed by atoms with van der Waals surface area (Å²) in [4.78, 5) is 0. The SMILES string of the molecule is C=C(/C=C\C=C(\C)N)OC(C)C. The van der Waals surface area contributed by atoms with Crippen molar-refractivity contribution in [1.82, 2.24) is 0 Å². The van der Waals surface area contributed by atoms with Crippen molar-refractivity contribution in [3.8, 4) is 0 Å². The van der Waals surface area contributed by atoms with Gasteiger partial charge in [0.15, 0.2) is 0 Å². The molecule has 0 unspecified atom stereocenters. The third kappa shape index (κ3) is 6.93. The van der Waals surface area contributed by atoms with E-state index in [0.717, 1.165) is 5.70 Å². The minimum absolute atomic E-state index is 0.171. The first kappa shape index (κ1) is 10.8. The third-order valence-electron chi connectivity index (χ3n) is 1.03. The van der Waals surface area contributed by atoms with E-state index in [-0.39, 0.29) is 6.10 Å². The fourth-order valence-corrected chi connectivity index (χ4v) is 0.649. The monoisotopic (exact) mass is 167 g/mol. The number of rotatable bonds is 4. The van der Waals surface area contributed by atoms with Crippen molar-refractivity contribution in [2.75, 3.05) is 0 Å². The number of allylic oxidation sites excluding steroid dienone is 4. The van der Waals surface area contributed by atoms with Crippen LogP contribution < -0.4 is 5.73 Å². The van der Waals surface area contributed by atoms with Crippen LogP contribution >= 0.6 is 0 Å². The van der Waals surface area contributed by atoms with E-state index >= 15 is 0 Å². The first-order valence-electron chi connectivity index (χ1n) is 3.98. The van der Waals surface area contributed by atoms with E-state index in [1.807, 2.05) is 26.8 Å². The quantitative estimate of drug-likeness (QED) is 0.515. The standard InChI is InChI=1S/C10H17NO/c1-8(2)12-10(4)7-5-6-9(3)11/h5-8H,4,11H2,1-3H3/b7-5-,9-6-. The molecule has 68 valence electrons. The lowest BCUT2D eigenvalue weighted by Crippen LogP contribution is -1.99. The summed E-state index contributed by atoms with van der Waals surface area (Å²) in [6.45, 7) is 9.47. The van der Waals surface area contributed by atoms with E-state index in [4.69, 9.17) is 10.5 Å². The summed E-state index contributed by atoms with van der Waals surface area (Å²) in [5.41, 5.74) is 6.19. The van der Waals surface area contributed by atoms with Gasteiger partial charge in [0.05, 0.1) is 6.10 Å². The van der Waals surface area contributed by atoms with Gasteiger partial charge in [0, 0.05) is 5.70 Å². The summed E-state index contributed by atoms with van der Waals surface area (Å²) >= 11 is 0. The van der Waals surface area contributed by atoms with Gasteiger partial charge in [-0.2, -0.15) is 0 Å². The lowest BCUT2D eigenvalue weighted by atomic mass is 10.4. The lowest BCUT2D eigenvalue weighted by Gasteiger charge is -2.07. The predicted octanol–water partition coefficient (Wildman–Crippen LogP) is 2.34.